The summed E-state index contributed by atoms with van der Waals surface area (Å²) in [5.74, 6) is -0.421. The van der Waals surface area contributed by atoms with E-state index in [1.165, 1.54) is 14.2 Å². The number of carbonyl (C=O) groups is 2. The number of anilines is 1. The fraction of sp³-hybridized carbons (Fsp3) is 0.542. The third-order valence-corrected chi connectivity index (χ3v) is 9.04. The third-order valence-electron chi connectivity index (χ3n) is 9.04. The van der Waals surface area contributed by atoms with Gasteiger partial charge in [-0.15, -0.1) is 0 Å². The zero-order valence-electron chi connectivity index (χ0n) is 17.8. The van der Waals surface area contributed by atoms with Crippen molar-refractivity contribution < 1.29 is 19.1 Å². The highest BCUT2D eigenvalue weighted by Gasteiger charge is 2.86. The number of esters is 1. The summed E-state index contributed by atoms with van der Waals surface area (Å²) < 4.78 is 10.5. The maximum atomic E-state index is 13.3. The Balaban J connectivity index is 1.80. The number of methoxy groups -OCH3 is 2. The molecule has 1 amide bonds. The van der Waals surface area contributed by atoms with Gasteiger partial charge in [-0.05, 0) is 50.3 Å². The Hall–Kier alpha value is -2.85. The van der Waals surface area contributed by atoms with Crippen molar-refractivity contribution in [2.24, 2.45) is 5.41 Å². The summed E-state index contributed by atoms with van der Waals surface area (Å²) in [5.41, 5.74) is -0.739. The monoisotopic (exact) mass is 419 g/mol. The Morgan fingerprint density at radius 1 is 1.06 bits per heavy atom. The number of benzene rings is 1. The number of amides is 1. The van der Waals surface area contributed by atoms with Crippen molar-refractivity contribution in [2.45, 2.75) is 48.6 Å². The van der Waals surface area contributed by atoms with Gasteiger partial charge >= 0.3 is 12.1 Å². The van der Waals surface area contributed by atoms with E-state index in [0.717, 1.165) is 43.6 Å². The molecule has 7 nitrogen and oxygen atoms in total. The van der Waals surface area contributed by atoms with E-state index in [1.54, 1.807) is 4.90 Å². The largest absolute Gasteiger partial charge is 0.466 e. The number of para-hydroxylation sites is 1. The van der Waals surface area contributed by atoms with E-state index in [2.05, 4.69) is 11.0 Å². The molecule has 160 valence electrons. The number of carbonyl (C=O) groups excluding carboxylic acids is 2. The molecule has 31 heavy (non-hydrogen) atoms. The van der Waals surface area contributed by atoms with Gasteiger partial charge in [0, 0.05) is 12.0 Å². The first-order valence-electron chi connectivity index (χ1n) is 11.0. The van der Waals surface area contributed by atoms with Gasteiger partial charge in [0.05, 0.1) is 42.5 Å². The van der Waals surface area contributed by atoms with Crippen LogP contribution in [0.2, 0.25) is 0 Å². The lowest BCUT2D eigenvalue weighted by Crippen LogP contribution is -2.81. The van der Waals surface area contributed by atoms with Crippen LogP contribution in [0.1, 0.15) is 37.7 Å². The van der Waals surface area contributed by atoms with Gasteiger partial charge in [-0.2, -0.15) is 5.26 Å². The average molecular weight is 419 g/mol. The standard InChI is InChI=1S/C24H25N3O4/c1-30-19(28)17-14-21-8-5-12-26-13-11-22(24(21,26)15-25)16-6-3-4-7-18(16)27(20(29)31-2)23(17,22)10-9-21/h3-4,6-7,14H,5,8-13H2,1-2H3/t21-,22+,23-,24+/m1/s1. The first kappa shape index (κ1) is 18.9. The van der Waals surface area contributed by atoms with Crippen molar-refractivity contribution in [3.05, 3.63) is 41.5 Å². The smallest absolute Gasteiger partial charge is 0.414 e. The summed E-state index contributed by atoms with van der Waals surface area (Å²) in [6.45, 7) is 1.62. The lowest BCUT2D eigenvalue weighted by molar-refractivity contribution is -0.141. The van der Waals surface area contributed by atoms with Crippen molar-refractivity contribution in [3.63, 3.8) is 0 Å². The molecule has 4 atom stereocenters. The van der Waals surface area contributed by atoms with Crippen molar-refractivity contribution in [1.82, 2.24) is 4.90 Å². The zero-order chi connectivity index (χ0) is 21.6. The molecule has 3 heterocycles. The molecule has 2 bridgehead atoms. The second-order valence-corrected chi connectivity index (χ2v) is 9.46. The summed E-state index contributed by atoms with van der Waals surface area (Å²) >= 11 is 0. The molecular formula is C24H25N3O4. The minimum atomic E-state index is -1.000. The van der Waals surface area contributed by atoms with Crippen molar-refractivity contribution >= 4 is 17.7 Å². The number of piperidine rings is 1. The van der Waals surface area contributed by atoms with Crippen molar-refractivity contribution in [3.8, 4) is 6.07 Å². The molecule has 3 aliphatic carbocycles. The number of nitriles is 1. The molecule has 2 saturated heterocycles. The molecule has 7 rings (SSSR count). The molecule has 1 aromatic rings. The molecule has 3 fully saturated rings. The number of nitrogens with zero attached hydrogens (tertiary/aromatic N) is 3. The number of hydrogen-bond donors (Lipinski definition) is 0. The molecule has 1 aromatic carbocycles. The highest BCUT2D eigenvalue weighted by Crippen LogP contribution is 2.78. The van der Waals surface area contributed by atoms with Gasteiger partial charge in [0.15, 0.2) is 0 Å². The Morgan fingerprint density at radius 3 is 2.61 bits per heavy atom. The topological polar surface area (TPSA) is 82.9 Å². The second kappa shape index (κ2) is 5.68. The zero-order valence-corrected chi connectivity index (χ0v) is 17.8. The van der Waals surface area contributed by atoms with E-state index in [4.69, 9.17) is 9.47 Å². The molecule has 0 radical (unpaired) electrons. The van der Waals surface area contributed by atoms with E-state index < -0.39 is 34.0 Å². The summed E-state index contributed by atoms with van der Waals surface area (Å²) in [4.78, 5) is 30.6. The molecule has 3 spiro atoms. The van der Waals surface area contributed by atoms with Gasteiger partial charge < -0.3 is 9.47 Å². The molecular weight excluding hydrogens is 394 g/mol. The summed E-state index contributed by atoms with van der Waals surface area (Å²) in [6, 6.07) is 10.6. The van der Waals surface area contributed by atoms with Gasteiger partial charge in [0.1, 0.15) is 5.54 Å². The lowest BCUT2D eigenvalue weighted by Gasteiger charge is -2.69. The van der Waals surface area contributed by atoms with Gasteiger partial charge in [-0.3, -0.25) is 9.80 Å². The molecule has 0 unspecified atom stereocenters. The van der Waals surface area contributed by atoms with E-state index in [-0.39, 0.29) is 0 Å². The molecule has 1 saturated carbocycles. The van der Waals surface area contributed by atoms with Crippen LogP contribution in [0.15, 0.2) is 35.9 Å². The van der Waals surface area contributed by atoms with Crippen LogP contribution in [0, 0.1) is 16.7 Å². The van der Waals surface area contributed by atoms with Gasteiger partial charge in [-0.1, -0.05) is 24.3 Å². The highest BCUT2D eigenvalue weighted by atomic mass is 16.5. The number of hydrogen-bond acceptors (Lipinski definition) is 6. The Labute approximate surface area is 181 Å². The van der Waals surface area contributed by atoms with Crippen LogP contribution < -0.4 is 4.90 Å². The van der Waals surface area contributed by atoms with Gasteiger partial charge in [-0.25, -0.2) is 9.59 Å². The number of ether oxygens (including phenoxy) is 2. The minimum absolute atomic E-state index is 0.421. The lowest BCUT2D eigenvalue weighted by atomic mass is 9.37. The van der Waals surface area contributed by atoms with Crippen LogP contribution in [0.25, 0.3) is 0 Å². The Bertz CT molecular complexity index is 1110. The van der Waals surface area contributed by atoms with Crippen molar-refractivity contribution in [2.75, 3.05) is 32.2 Å². The maximum Gasteiger partial charge on any atom is 0.414 e. The van der Waals surface area contributed by atoms with Crippen LogP contribution >= 0.6 is 0 Å². The minimum Gasteiger partial charge on any atom is -0.466 e. The van der Waals surface area contributed by atoms with Crippen LogP contribution in [0.5, 0.6) is 0 Å². The molecule has 3 aliphatic heterocycles. The van der Waals surface area contributed by atoms with Crippen LogP contribution in [0.3, 0.4) is 0 Å². The normalized spacial score (nSPS) is 39.1. The summed E-state index contributed by atoms with van der Waals surface area (Å²) in [7, 11) is 2.75. The van der Waals surface area contributed by atoms with Crippen LogP contribution in [-0.2, 0) is 19.7 Å². The molecule has 6 aliphatic rings. The highest BCUT2D eigenvalue weighted by molar-refractivity contribution is 6.03. The van der Waals surface area contributed by atoms with Crippen molar-refractivity contribution in [1.29, 1.82) is 5.26 Å². The fourth-order valence-electron chi connectivity index (χ4n) is 8.32. The summed E-state index contributed by atoms with van der Waals surface area (Å²) in [5, 5.41) is 10.9. The number of fused-ring (bicyclic) bond motifs is 2. The number of rotatable bonds is 1. The molecule has 0 N–H and O–H groups in total. The SMILES string of the molecule is COC(=O)C1=C[C@@]23CCCN4CC[C@@]5(c6ccccc6N(C(=O)OC)[C@]15CC2)[C@@]43C#N. The third kappa shape index (κ3) is 1.61. The van der Waals surface area contributed by atoms with E-state index in [0.29, 0.717) is 18.4 Å². The second-order valence-electron chi connectivity index (χ2n) is 9.46. The maximum absolute atomic E-state index is 13.3. The Kier molecular flexibility index (Phi) is 3.46. The predicted octanol–water partition coefficient (Wildman–Crippen LogP) is 2.90. The van der Waals surface area contributed by atoms with Crippen LogP contribution in [0.4, 0.5) is 10.5 Å². The molecule has 0 aromatic heterocycles. The van der Waals surface area contributed by atoms with Gasteiger partial charge in [0.25, 0.3) is 0 Å². The van der Waals surface area contributed by atoms with E-state index >= 15 is 0 Å². The predicted molar refractivity (Wildman–Crippen MR) is 111 cm³/mol. The van der Waals surface area contributed by atoms with Gasteiger partial charge in [0.2, 0.25) is 0 Å². The quantitative estimate of drug-likeness (QED) is 0.651. The van der Waals surface area contributed by atoms with E-state index in [9.17, 15) is 14.9 Å². The van der Waals surface area contributed by atoms with Crippen LogP contribution in [-0.4, -0.2) is 55.3 Å². The Morgan fingerprint density at radius 2 is 1.87 bits per heavy atom. The molecule has 7 heteroatoms. The van der Waals surface area contributed by atoms with E-state index in [1.807, 2.05) is 30.3 Å². The first-order chi connectivity index (χ1) is 15.0. The first-order valence-corrected chi connectivity index (χ1v) is 11.0. The average Bonchev–Trinajstić information content (AvgIpc) is 3.30. The fourth-order valence-corrected chi connectivity index (χ4v) is 8.32. The summed E-state index contributed by atoms with van der Waals surface area (Å²) in [6.07, 6.45) is 5.42.